The lowest BCUT2D eigenvalue weighted by molar-refractivity contribution is 0.0503. The van der Waals surface area contributed by atoms with E-state index in [1.54, 1.807) is 32.0 Å². The topological polar surface area (TPSA) is 117 Å². The number of rotatable bonds is 8. The molecule has 4 rings (SSSR count). The fraction of sp³-hybridized carbons (Fsp3) is 0.269. The summed E-state index contributed by atoms with van der Waals surface area (Å²) in [7, 11) is 0. The van der Waals surface area contributed by atoms with Crippen LogP contribution in [0.4, 0.5) is 0 Å². The normalized spacial score (nSPS) is 14.3. The van der Waals surface area contributed by atoms with E-state index in [9.17, 15) is 19.2 Å². The zero-order valence-corrected chi connectivity index (χ0v) is 19.4. The van der Waals surface area contributed by atoms with Gasteiger partial charge in [0, 0.05) is 30.3 Å². The number of imidazole rings is 1. The summed E-state index contributed by atoms with van der Waals surface area (Å²) in [5, 5.41) is 2.89. The molecule has 1 unspecified atom stereocenters. The fourth-order valence-electron chi connectivity index (χ4n) is 4.10. The molecule has 1 amide bonds. The first-order valence-electron chi connectivity index (χ1n) is 11.4. The van der Waals surface area contributed by atoms with E-state index < -0.39 is 18.0 Å². The number of benzene rings is 2. The van der Waals surface area contributed by atoms with Crippen molar-refractivity contribution in [1.82, 2.24) is 14.9 Å². The van der Waals surface area contributed by atoms with Crippen LogP contribution in [0.25, 0.3) is 0 Å². The Hall–Kier alpha value is -4.27. The minimum atomic E-state index is -0.858. The van der Waals surface area contributed by atoms with Crippen molar-refractivity contribution in [2.75, 3.05) is 13.2 Å². The van der Waals surface area contributed by atoms with E-state index in [1.807, 2.05) is 30.3 Å². The van der Waals surface area contributed by atoms with Gasteiger partial charge in [0.1, 0.15) is 6.04 Å². The molecular weight excluding hydrogens is 450 g/mol. The van der Waals surface area contributed by atoms with Gasteiger partial charge in [0.2, 0.25) is 5.82 Å². The largest absolute Gasteiger partial charge is 0.461 e. The van der Waals surface area contributed by atoms with Crippen LogP contribution >= 0.6 is 0 Å². The second kappa shape index (κ2) is 10.3. The van der Waals surface area contributed by atoms with E-state index in [1.165, 1.54) is 10.8 Å². The van der Waals surface area contributed by atoms with Crippen molar-refractivity contribution in [1.29, 1.82) is 0 Å². The maximum Gasteiger partial charge on any atom is 0.374 e. The molecular formula is C26H25N3O6. The molecule has 1 N–H and O–H groups in total. The van der Waals surface area contributed by atoms with E-state index in [0.29, 0.717) is 23.2 Å². The van der Waals surface area contributed by atoms with Gasteiger partial charge < -0.3 is 19.4 Å². The van der Waals surface area contributed by atoms with E-state index in [-0.39, 0.29) is 42.8 Å². The zero-order valence-electron chi connectivity index (χ0n) is 19.4. The Morgan fingerprint density at radius 1 is 1.00 bits per heavy atom. The SMILES string of the molecule is CCOC(=O)c1cn(C2Cc3c(C(=O)NCc4ccccc4)cccc3C2=O)c(C(=O)OCC)n1. The minimum Gasteiger partial charge on any atom is -0.461 e. The molecule has 1 atom stereocenters. The van der Waals surface area contributed by atoms with Gasteiger partial charge in [0.05, 0.1) is 13.2 Å². The smallest absolute Gasteiger partial charge is 0.374 e. The summed E-state index contributed by atoms with van der Waals surface area (Å²) >= 11 is 0. The summed E-state index contributed by atoms with van der Waals surface area (Å²) in [6.07, 6.45) is 1.49. The first kappa shape index (κ1) is 23.9. The number of amides is 1. The average molecular weight is 476 g/mol. The number of carbonyl (C=O) groups excluding carboxylic acids is 4. The highest BCUT2D eigenvalue weighted by Crippen LogP contribution is 2.34. The minimum absolute atomic E-state index is 0.0977. The maximum absolute atomic E-state index is 13.3. The predicted octanol–water partition coefficient (Wildman–Crippen LogP) is 3.15. The van der Waals surface area contributed by atoms with E-state index >= 15 is 0 Å². The van der Waals surface area contributed by atoms with Crippen LogP contribution in [0.1, 0.15) is 72.8 Å². The lowest BCUT2D eigenvalue weighted by atomic mass is 10.0. The number of carbonyl (C=O) groups is 4. The number of fused-ring (bicyclic) bond motifs is 1. The molecule has 9 nitrogen and oxygen atoms in total. The molecule has 0 aliphatic heterocycles. The van der Waals surface area contributed by atoms with Crippen molar-refractivity contribution in [2.24, 2.45) is 0 Å². The van der Waals surface area contributed by atoms with Gasteiger partial charge >= 0.3 is 11.9 Å². The number of nitrogens with zero attached hydrogens (tertiary/aromatic N) is 2. The first-order chi connectivity index (χ1) is 16.9. The molecule has 1 heterocycles. The van der Waals surface area contributed by atoms with Crippen molar-refractivity contribution in [3.8, 4) is 0 Å². The number of hydrogen-bond acceptors (Lipinski definition) is 7. The first-order valence-corrected chi connectivity index (χ1v) is 11.4. The highest BCUT2D eigenvalue weighted by atomic mass is 16.5. The fourth-order valence-corrected chi connectivity index (χ4v) is 4.10. The molecule has 2 aromatic carbocycles. The molecule has 0 saturated heterocycles. The highest BCUT2D eigenvalue weighted by Gasteiger charge is 2.37. The maximum atomic E-state index is 13.3. The standard InChI is InChI=1S/C26H25N3O6/c1-3-34-25(32)20-15-29(23(28-20)26(33)35-4-2)21-13-19-17(22(21)30)11-8-12-18(19)24(31)27-14-16-9-6-5-7-10-16/h5-12,15,21H,3-4,13-14H2,1-2H3,(H,27,31). The van der Waals surface area contributed by atoms with Crippen molar-refractivity contribution >= 4 is 23.6 Å². The van der Waals surface area contributed by atoms with Crippen LogP contribution in [0.15, 0.2) is 54.7 Å². The molecule has 1 aliphatic rings. The second-order valence-corrected chi connectivity index (χ2v) is 7.88. The molecule has 9 heteroatoms. The second-order valence-electron chi connectivity index (χ2n) is 7.88. The molecule has 3 aromatic rings. The van der Waals surface area contributed by atoms with Crippen molar-refractivity contribution in [3.05, 3.63) is 88.5 Å². The van der Waals surface area contributed by atoms with Crippen molar-refractivity contribution in [3.63, 3.8) is 0 Å². The van der Waals surface area contributed by atoms with Crippen LogP contribution in [0.5, 0.6) is 0 Å². The van der Waals surface area contributed by atoms with Gasteiger partial charge in [-0.2, -0.15) is 0 Å². The summed E-state index contributed by atoms with van der Waals surface area (Å²) in [4.78, 5) is 55.2. The van der Waals surface area contributed by atoms with Gasteiger partial charge in [0.15, 0.2) is 11.5 Å². The van der Waals surface area contributed by atoms with Gasteiger partial charge in [0.25, 0.3) is 5.91 Å². The number of nitrogens with one attached hydrogen (secondary N) is 1. The third-order valence-corrected chi connectivity index (χ3v) is 5.69. The summed E-state index contributed by atoms with van der Waals surface area (Å²) in [5.74, 6) is -2.22. The lowest BCUT2D eigenvalue weighted by Gasteiger charge is -2.13. The highest BCUT2D eigenvalue weighted by molar-refractivity contribution is 6.08. The number of ketones is 1. The lowest BCUT2D eigenvalue weighted by Crippen LogP contribution is -2.24. The Morgan fingerprint density at radius 3 is 2.43 bits per heavy atom. The molecule has 0 bridgehead atoms. The summed E-state index contributed by atoms with van der Waals surface area (Å²) in [5.41, 5.74) is 2.21. The summed E-state index contributed by atoms with van der Waals surface area (Å²) < 4.78 is 11.4. The Kier molecular flexibility index (Phi) is 7.05. The van der Waals surface area contributed by atoms with Crippen LogP contribution in [-0.2, 0) is 22.4 Å². The molecule has 0 saturated carbocycles. The van der Waals surface area contributed by atoms with Crippen LogP contribution in [0, 0.1) is 0 Å². The Bertz CT molecular complexity index is 1280. The van der Waals surface area contributed by atoms with Gasteiger partial charge in [-0.1, -0.05) is 42.5 Å². The number of ether oxygens (including phenoxy) is 2. The van der Waals surface area contributed by atoms with Crippen LogP contribution in [0.3, 0.4) is 0 Å². The molecule has 35 heavy (non-hydrogen) atoms. The van der Waals surface area contributed by atoms with E-state index in [0.717, 1.165) is 5.56 Å². The monoisotopic (exact) mass is 475 g/mol. The summed E-state index contributed by atoms with van der Waals surface area (Å²) in [6, 6.07) is 13.6. The van der Waals surface area contributed by atoms with Crippen molar-refractivity contribution < 1.29 is 28.7 Å². The van der Waals surface area contributed by atoms with Crippen LogP contribution < -0.4 is 5.32 Å². The van der Waals surface area contributed by atoms with Crippen LogP contribution in [0.2, 0.25) is 0 Å². The van der Waals surface area contributed by atoms with Crippen molar-refractivity contribution in [2.45, 2.75) is 32.9 Å². The molecule has 0 fully saturated rings. The predicted molar refractivity (Wildman–Crippen MR) is 125 cm³/mol. The third-order valence-electron chi connectivity index (χ3n) is 5.69. The zero-order chi connectivity index (χ0) is 24.9. The molecule has 1 aliphatic carbocycles. The molecule has 1 aromatic heterocycles. The Balaban J connectivity index is 1.64. The van der Waals surface area contributed by atoms with E-state index in [2.05, 4.69) is 10.3 Å². The number of Topliss-reactive ketones (excluding diaryl/α,β-unsaturated/α-hetero) is 1. The van der Waals surface area contributed by atoms with Gasteiger partial charge in [-0.05, 0) is 31.0 Å². The average Bonchev–Trinajstić information content (AvgIpc) is 3.45. The number of aromatic nitrogens is 2. The molecule has 0 spiro atoms. The van der Waals surface area contributed by atoms with Gasteiger partial charge in [-0.25, -0.2) is 14.6 Å². The van der Waals surface area contributed by atoms with Crippen LogP contribution in [-0.4, -0.2) is 46.4 Å². The quantitative estimate of drug-likeness (QED) is 0.498. The Morgan fingerprint density at radius 2 is 1.71 bits per heavy atom. The van der Waals surface area contributed by atoms with Gasteiger partial charge in [-0.15, -0.1) is 0 Å². The summed E-state index contributed by atoms with van der Waals surface area (Å²) in [6.45, 7) is 3.88. The number of esters is 2. The van der Waals surface area contributed by atoms with Gasteiger partial charge in [-0.3, -0.25) is 9.59 Å². The molecule has 0 radical (unpaired) electrons. The Labute approximate surface area is 202 Å². The third kappa shape index (κ3) is 4.84. The molecule has 180 valence electrons. The number of hydrogen-bond donors (Lipinski definition) is 1. The van der Waals surface area contributed by atoms with E-state index in [4.69, 9.17) is 9.47 Å².